The standard InChI is InChI=1S/C18H18N2O/c1-12-4-3-5-16(13(12)2)20-18(21)11-14-6-7-15-8-9-19-17(15)10-14/h3-10,19H,11H2,1-2H3,(H,20,21). The van der Waals surface area contributed by atoms with Crippen molar-refractivity contribution in [3.8, 4) is 0 Å². The van der Waals surface area contributed by atoms with Gasteiger partial charge in [0.15, 0.2) is 0 Å². The van der Waals surface area contributed by atoms with Gasteiger partial charge in [0.1, 0.15) is 0 Å². The molecular formula is C18H18N2O. The highest BCUT2D eigenvalue weighted by molar-refractivity contribution is 5.93. The maximum Gasteiger partial charge on any atom is 0.228 e. The van der Waals surface area contributed by atoms with Gasteiger partial charge in [-0.25, -0.2) is 0 Å². The maximum absolute atomic E-state index is 12.2. The molecule has 1 aromatic heterocycles. The van der Waals surface area contributed by atoms with Crippen molar-refractivity contribution in [2.24, 2.45) is 0 Å². The predicted molar refractivity (Wildman–Crippen MR) is 86.5 cm³/mol. The van der Waals surface area contributed by atoms with Crippen molar-refractivity contribution in [2.45, 2.75) is 20.3 Å². The molecule has 0 bridgehead atoms. The number of carbonyl (C=O) groups is 1. The van der Waals surface area contributed by atoms with Crippen LogP contribution in [-0.2, 0) is 11.2 Å². The van der Waals surface area contributed by atoms with Gasteiger partial charge in [0.2, 0.25) is 5.91 Å². The average molecular weight is 278 g/mol. The summed E-state index contributed by atoms with van der Waals surface area (Å²) >= 11 is 0. The van der Waals surface area contributed by atoms with Crippen LogP contribution < -0.4 is 5.32 Å². The lowest BCUT2D eigenvalue weighted by atomic mass is 10.1. The summed E-state index contributed by atoms with van der Waals surface area (Å²) in [6.07, 6.45) is 2.28. The first-order chi connectivity index (χ1) is 10.1. The van der Waals surface area contributed by atoms with Gasteiger partial charge >= 0.3 is 0 Å². The fourth-order valence-electron chi connectivity index (χ4n) is 2.47. The Morgan fingerprint density at radius 2 is 2.00 bits per heavy atom. The quantitative estimate of drug-likeness (QED) is 0.748. The van der Waals surface area contributed by atoms with E-state index < -0.39 is 0 Å². The molecule has 21 heavy (non-hydrogen) atoms. The Bertz CT molecular complexity index is 802. The van der Waals surface area contributed by atoms with Crippen LogP contribution in [0.2, 0.25) is 0 Å². The Morgan fingerprint density at radius 1 is 1.14 bits per heavy atom. The topological polar surface area (TPSA) is 44.9 Å². The molecule has 1 heterocycles. The minimum absolute atomic E-state index is 0.00889. The smallest absolute Gasteiger partial charge is 0.228 e. The second kappa shape index (κ2) is 5.44. The Morgan fingerprint density at radius 3 is 2.86 bits per heavy atom. The number of benzene rings is 2. The molecule has 0 saturated carbocycles. The summed E-state index contributed by atoms with van der Waals surface area (Å²) in [5.74, 6) is 0.00889. The van der Waals surface area contributed by atoms with Gasteiger partial charge in [0.05, 0.1) is 6.42 Å². The number of rotatable bonds is 3. The molecule has 0 aliphatic rings. The van der Waals surface area contributed by atoms with Crippen LogP contribution in [-0.4, -0.2) is 10.9 Å². The van der Waals surface area contributed by atoms with Crippen molar-refractivity contribution in [3.63, 3.8) is 0 Å². The number of fused-ring (bicyclic) bond motifs is 1. The van der Waals surface area contributed by atoms with E-state index in [1.165, 1.54) is 5.56 Å². The third-order valence-corrected chi connectivity index (χ3v) is 3.86. The second-order valence-corrected chi connectivity index (χ2v) is 5.37. The van der Waals surface area contributed by atoms with Crippen LogP contribution in [0.3, 0.4) is 0 Å². The number of anilines is 1. The lowest BCUT2D eigenvalue weighted by Crippen LogP contribution is -2.15. The van der Waals surface area contributed by atoms with Crippen molar-refractivity contribution in [2.75, 3.05) is 5.32 Å². The van der Waals surface area contributed by atoms with Gasteiger partial charge in [-0.15, -0.1) is 0 Å². The molecule has 0 unspecified atom stereocenters. The van der Waals surface area contributed by atoms with Crippen LogP contribution >= 0.6 is 0 Å². The molecule has 3 rings (SSSR count). The number of aromatic amines is 1. The summed E-state index contributed by atoms with van der Waals surface area (Å²) in [6, 6.07) is 14.0. The molecule has 106 valence electrons. The Balaban J connectivity index is 1.75. The van der Waals surface area contributed by atoms with Crippen LogP contribution in [0.1, 0.15) is 16.7 Å². The highest BCUT2D eigenvalue weighted by Gasteiger charge is 2.07. The van der Waals surface area contributed by atoms with Crippen molar-refractivity contribution in [3.05, 3.63) is 65.4 Å². The van der Waals surface area contributed by atoms with Crippen molar-refractivity contribution >= 4 is 22.5 Å². The summed E-state index contributed by atoms with van der Waals surface area (Å²) in [5, 5.41) is 4.15. The summed E-state index contributed by atoms with van der Waals surface area (Å²) in [7, 11) is 0. The lowest BCUT2D eigenvalue weighted by Gasteiger charge is -2.10. The first-order valence-electron chi connectivity index (χ1n) is 7.05. The number of hydrogen-bond acceptors (Lipinski definition) is 1. The van der Waals surface area contributed by atoms with Crippen molar-refractivity contribution in [1.82, 2.24) is 4.98 Å². The predicted octanol–water partition coefficient (Wildman–Crippen LogP) is 3.97. The molecule has 1 amide bonds. The number of nitrogens with one attached hydrogen (secondary N) is 2. The van der Waals surface area contributed by atoms with Gasteiger partial charge in [0.25, 0.3) is 0 Å². The Hall–Kier alpha value is -2.55. The molecule has 2 N–H and O–H groups in total. The Kier molecular flexibility index (Phi) is 3.48. The largest absolute Gasteiger partial charge is 0.361 e. The van der Waals surface area contributed by atoms with E-state index >= 15 is 0 Å². The van der Waals surface area contributed by atoms with Gasteiger partial charge < -0.3 is 10.3 Å². The molecule has 3 aromatic rings. The number of H-pyrrole nitrogens is 1. The lowest BCUT2D eigenvalue weighted by molar-refractivity contribution is -0.115. The molecule has 0 aliphatic heterocycles. The van der Waals surface area contributed by atoms with E-state index in [1.807, 2.05) is 62.5 Å². The molecule has 0 saturated heterocycles. The van der Waals surface area contributed by atoms with E-state index in [0.717, 1.165) is 27.7 Å². The minimum Gasteiger partial charge on any atom is -0.361 e. The first kappa shape index (κ1) is 13.4. The van der Waals surface area contributed by atoms with Gasteiger partial charge in [0, 0.05) is 17.4 Å². The number of aromatic nitrogens is 1. The fraction of sp³-hybridized carbons (Fsp3) is 0.167. The molecule has 3 heteroatoms. The molecule has 0 spiro atoms. The average Bonchev–Trinajstić information content (AvgIpc) is 2.91. The number of amides is 1. The van der Waals surface area contributed by atoms with Gasteiger partial charge in [-0.3, -0.25) is 4.79 Å². The zero-order valence-corrected chi connectivity index (χ0v) is 12.2. The third kappa shape index (κ3) is 2.82. The number of aryl methyl sites for hydroxylation is 1. The monoisotopic (exact) mass is 278 g/mol. The minimum atomic E-state index is 0.00889. The fourth-order valence-corrected chi connectivity index (χ4v) is 2.47. The third-order valence-electron chi connectivity index (χ3n) is 3.86. The van der Waals surface area contributed by atoms with E-state index in [9.17, 15) is 4.79 Å². The van der Waals surface area contributed by atoms with Crippen LogP contribution in [0.5, 0.6) is 0 Å². The SMILES string of the molecule is Cc1cccc(NC(=O)Cc2ccc3cc[nH]c3c2)c1C. The second-order valence-electron chi connectivity index (χ2n) is 5.37. The summed E-state index contributed by atoms with van der Waals surface area (Å²) in [4.78, 5) is 15.4. The normalized spacial score (nSPS) is 10.8. The molecule has 0 aliphatic carbocycles. The number of carbonyl (C=O) groups excluding carboxylic acids is 1. The zero-order valence-electron chi connectivity index (χ0n) is 12.2. The van der Waals surface area contributed by atoms with Crippen LogP contribution in [0.25, 0.3) is 10.9 Å². The molecule has 0 fully saturated rings. The molecule has 0 radical (unpaired) electrons. The summed E-state index contributed by atoms with van der Waals surface area (Å²) in [6.45, 7) is 4.07. The van der Waals surface area contributed by atoms with Crippen LogP contribution in [0.4, 0.5) is 5.69 Å². The van der Waals surface area contributed by atoms with E-state index in [2.05, 4.69) is 10.3 Å². The highest BCUT2D eigenvalue weighted by Crippen LogP contribution is 2.19. The Labute approximate surface area is 124 Å². The highest BCUT2D eigenvalue weighted by atomic mass is 16.1. The number of hydrogen-bond donors (Lipinski definition) is 2. The van der Waals surface area contributed by atoms with Crippen molar-refractivity contribution < 1.29 is 4.79 Å². The molecule has 2 aromatic carbocycles. The zero-order chi connectivity index (χ0) is 14.8. The maximum atomic E-state index is 12.2. The first-order valence-corrected chi connectivity index (χ1v) is 7.05. The molecular weight excluding hydrogens is 260 g/mol. The van der Waals surface area contributed by atoms with Gasteiger partial charge in [-0.05, 0) is 54.1 Å². The molecule has 0 atom stereocenters. The van der Waals surface area contributed by atoms with Gasteiger partial charge in [-0.1, -0.05) is 24.3 Å². The van der Waals surface area contributed by atoms with Crippen LogP contribution in [0, 0.1) is 13.8 Å². The summed E-state index contributed by atoms with van der Waals surface area (Å²) in [5.41, 5.74) is 5.26. The van der Waals surface area contributed by atoms with Crippen LogP contribution in [0.15, 0.2) is 48.7 Å². The molecule has 3 nitrogen and oxygen atoms in total. The summed E-state index contributed by atoms with van der Waals surface area (Å²) < 4.78 is 0. The van der Waals surface area contributed by atoms with E-state index in [0.29, 0.717) is 6.42 Å². The van der Waals surface area contributed by atoms with E-state index in [4.69, 9.17) is 0 Å². The van der Waals surface area contributed by atoms with E-state index in [1.54, 1.807) is 0 Å². The van der Waals surface area contributed by atoms with Gasteiger partial charge in [-0.2, -0.15) is 0 Å². The van der Waals surface area contributed by atoms with Crippen molar-refractivity contribution in [1.29, 1.82) is 0 Å². The van der Waals surface area contributed by atoms with E-state index in [-0.39, 0.29) is 5.91 Å².